The van der Waals surface area contributed by atoms with Gasteiger partial charge in [0.1, 0.15) is 6.04 Å². The van der Waals surface area contributed by atoms with Crippen LogP contribution in [-0.2, 0) is 4.79 Å². The molecule has 1 aliphatic heterocycles. The average Bonchev–Trinajstić information content (AvgIpc) is 2.46. The molecule has 0 aliphatic carbocycles. The number of likely N-dealkylation sites (N-methyl/N-ethyl adjacent to an activating group) is 1. The van der Waals surface area contributed by atoms with Gasteiger partial charge in [0, 0.05) is 12.6 Å². The van der Waals surface area contributed by atoms with Crippen molar-refractivity contribution in [3.05, 3.63) is 35.9 Å². The van der Waals surface area contributed by atoms with E-state index in [0.29, 0.717) is 12.6 Å². The van der Waals surface area contributed by atoms with Crippen molar-refractivity contribution in [1.82, 2.24) is 10.2 Å². The Balaban J connectivity index is 1.84. The quantitative estimate of drug-likeness (QED) is 0.858. The number of rotatable bonds is 4. The smallest absolute Gasteiger partial charge is 0.241 e. The third-order valence-corrected chi connectivity index (χ3v) is 3.87. The predicted octanol–water partition coefficient (Wildman–Crippen LogP) is 1.29. The Morgan fingerprint density at radius 2 is 2.16 bits per heavy atom. The van der Waals surface area contributed by atoms with E-state index in [1.165, 1.54) is 12.8 Å². The van der Waals surface area contributed by atoms with Gasteiger partial charge in [-0.25, -0.2) is 0 Å². The Kier molecular flexibility index (Phi) is 4.93. The van der Waals surface area contributed by atoms with Crippen LogP contribution >= 0.6 is 0 Å². The lowest BCUT2D eigenvalue weighted by atomic mass is 10.0. The van der Waals surface area contributed by atoms with Crippen molar-refractivity contribution in [3.8, 4) is 0 Å². The number of nitrogens with one attached hydrogen (secondary N) is 1. The molecule has 3 N–H and O–H groups in total. The van der Waals surface area contributed by atoms with Crippen molar-refractivity contribution in [1.29, 1.82) is 0 Å². The van der Waals surface area contributed by atoms with Crippen LogP contribution in [0.2, 0.25) is 0 Å². The number of nitrogens with zero attached hydrogens (tertiary/aromatic N) is 1. The molecule has 4 nitrogen and oxygen atoms in total. The lowest BCUT2D eigenvalue weighted by Crippen LogP contribution is -2.46. The molecular weight excluding hydrogens is 238 g/mol. The molecule has 104 valence electrons. The first-order valence-electron chi connectivity index (χ1n) is 6.97. The molecule has 1 amide bonds. The largest absolute Gasteiger partial charge is 0.353 e. The van der Waals surface area contributed by atoms with Crippen LogP contribution in [-0.4, -0.2) is 37.0 Å². The fraction of sp³-hybridized carbons (Fsp3) is 0.533. The number of benzene rings is 1. The van der Waals surface area contributed by atoms with Gasteiger partial charge in [0.25, 0.3) is 0 Å². The second-order valence-electron chi connectivity index (χ2n) is 5.26. The van der Waals surface area contributed by atoms with Crippen molar-refractivity contribution < 1.29 is 4.79 Å². The van der Waals surface area contributed by atoms with Gasteiger partial charge in [-0.2, -0.15) is 0 Å². The summed E-state index contributed by atoms with van der Waals surface area (Å²) in [6, 6.07) is 9.36. The van der Waals surface area contributed by atoms with E-state index in [-0.39, 0.29) is 5.91 Å². The second kappa shape index (κ2) is 6.68. The van der Waals surface area contributed by atoms with Gasteiger partial charge in [-0.1, -0.05) is 36.8 Å². The zero-order valence-corrected chi connectivity index (χ0v) is 11.5. The zero-order valence-electron chi connectivity index (χ0n) is 11.5. The molecule has 1 aliphatic rings. The summed E-state index contributed by atoms with van der Waals surface area (Å²) in [5.41, 5.74) is 6.82. The van der Waals surface area contributed by atoms with Crippen molar-refractivity contribution in [2.45, 2.75) is 31.3 Å². The summed E-state index contributed by atoms with van der Waals surface area (Å²) in [6.45, 7) is 1.81. The highest BCUT2D eigenvalue weighted by atomic mass is 16.2. The molecule has 0 radical (unpaired) electrons. The molecule has 2 atom stereocenters. The molecular formula is C15H23N3O. The van der Waals surface area contributed by atoms with Crippen LogP contribution in [0, 0.1) is 0 Å². The molecule has 2 unspecified atom stereocenters. The van der Waals surface area contributed by atoms with Crippen LogP contribution in [0.25, 0.3) is 0 Å². The van der Waals surface area contributed by atoms with Gasteiger partial charge in [-0.3, -0.25) is 4.79 Å². The van der Waals surface area contributed by atoms with Gasteiger partial charge in [-0.15, -0.1) is 0 Å². The molecule has 4 heteroatoms. The van der Waals surface area contributed by atoms with Crippen LogP contribution < -0.4 is 11.1 Å². The molecule has 1 aromatic carbocycles. The van der Waals surface area contributed by atoms with Crippen molar-refractivity contribution in [2.75, 3.05) is 20.1 Å². The molecule has 1 aromatic rings. The Labute approximate surface area is 115 Å². The van der Waals surface area contributed by atoms with E-state index >= 15 is 0 Å². The predicted molar refractivity (Wildman–Crippen MR) is 76.6 cm³/mol. The minimum Gasteiger partial charge on any atom is -0.353 e. The normalized spacial score (nSPS) is 21.9. The fourth-order valence-electron chi connectivity index (χ4n) is 2.54. The highest BCUT2D eigenvalue weighted by Gasteiger charge is 2.21. The van der Waals surface area contributed by atoms with E-state index in [4.69, 9.17) is 5.73 Å². The maximum Gasteiger partial charge on any atom is 0.241 e. The third kappa shape index (κ3) is 3.78. The number of nitrogens with two attached hydrogens (primary N) is 1. The van der Waals surface area contributed by atoms with Gasteiger partial charge in [0.2, 0.25) is 5.91 Å². The first-order chi connectivity index (χ1) is 9.18. The van der Waals surface area contributed by atoms with Crippen molar-refractivity contribution in [2.24, 2.45) is 5.73 Å². The molecule has 1 heterocycles. The van der Waals surface area contributed by atoms with E-state index in [0.717, 1.165) is 18.5 Å². The Bertz CT molecular complexity index is 407. The number of carbonyl (C=O) groups excluding carboxylic acids is 1. The molecule has 0 bridgehead atoms. The molecule has 1 saturated heterocycles. The van der Waals surface area contributed by atoms with E-state index in [9.17, 15) is 4.79 Å². The second-order valence-corrected chi connectivity index (χ2v) is 5.26. The lowest BCUT2D eigenvalue weighted by Gasteiger charge is -2.32. The van der Waals surface area contributed by atoms with Crippen LogP contribution in [0.5, 0.6) is 0 Å². The molecule has 0 saturated carbocycles. The van der Waals surface area contributed by atoms with E-state index < -0.39 is 6.04 Å². The maximum atomic E-state index is 12.0. The lowest BCUT2D eigenvalue weighted by molar-refractivity contribution is -0.122. The summed E-state index contributed by atoms with van der Waals surface area (Å²) in [5, 5.41) is 2.98. The summed E-state index contributed by atoms with van der Waals surface area (Å²) in [7, 11) is 2.12. The number of piperidine rings is 1. The molecule has 0 aromatic heterocycles. The number of hydrogen-bond acceptors (Lipinski definition) is 3. The first-order valence-corrected chi connectivity index (χ1v) is 6.97. The molecule has 0 spiro atoms. The highest BCUT2D eigenvalue weighted by Crippen LogP contribution is 2.14. The number of hydrogen-bond donors (Lipinski definition) is 2. The Morgan fingerprint density at radius 3 is 2.84 bits per heavy atom. The first kappa shape index (κ1) is 14.0. The van der Waals surface area contributed by atoms with Crippen molar-refractivity contribution in [3.63, 3.8) is 0 Å². The highest BCUT2D eigenvalue weighted by molar-refractivity contribution is 5.82. The van der Waals surface area contributed by atoms with Gasteiger partial charge in [0.05, 0.1) is 0 Å². The summed E-state index contributed by atoms with van der Waals surface area (Å²) < 4.78 is 0. The zero-order chi connectivity index (χ0) is 13.7. The SMILES string of the molecule is CN1CCCCC1CNC(=O)C(N)c1ccccc1. The fourth-order valence-corrected chi connectivity index (χ4v) is 2.54. The summed E-state index contributed by atoms with van der Waals surface area (Å²) >= 11 is 0. The van der Waals surface area contributed by atoms with Gasteiger partial charge in [0.15, 0.2) is 0 Å². The van der Waals surface area contributed by atoms with Crippen LogP contribution in [0.15, 0.2) is 30.3 Å². The van der Waals surface area contributed by atoms with E-state index in [1.807, 2.05) is 30.3 Å². The molecule has 1 fully saturated rings. The molecule has 2 rings (SSSR count). The standard InChI is InChI=1S/C15H23N3O/c1-18-10-6-5-9-13(18)11-17-15(19)14(16)12-7-3-2-4-8-12/h2-4,7-8,13-14H,5-6,9-11,16H2,1H3,(H,17,19). The summed E-state index contributed by atoms with van der Waals surface area (Å²) in [5.74, 6) is -0.0924. The van der Waals surface area contributed by atoms with Crippen LogP contribution in [0.3, 0.4) is 0 Å². The topological polar surface area (TPSA) is 58.4 Å². The number of likely N-dealkylation sites (tertiary alicyclic amines) is 1. The van der Waals surface area contributed by atoms with Gasteiger partial charge >= 0.3 is 0 Å². The van der Waals surface area contributed by atoms with Crippen LogP contribution in [0.1, 0.15) is 30.9 Å². The number of carbonyl (C=O) groups is 1. The molecule has 19 heavy (non-hydrogen) atoms. The van der Waals surface area contributed by atoms with Crippen molar-refractivity contribution >= 4 is 5.91 Å². The Morgan fingerprint density at radius 1 is 1.42 bits per heavy atom. The van der Waals surface area contributed by atoms with Crippen LogP contribution in [0.4, 0.5) is 0 Å². The minimum atomic E-state index is -0.574. The minimum absolute atomic E-state index is 0.0924. The van der Waals surface area contributed by atoms with E-state index in [1.54, 1.807) is 0 Å². The summed E-state index contributed by atoms with van der Waals surface area (Å²) in [6.07, 6.45) is 3.65. The maximum absolute atomic E-state index is 12.0. The third-order valence-electron chi connectivity index (χ3n) is 3.87. The monoisotopic (exact) mass is 261 g/mol. The summed E-state index contributed by atoms with van der Waals surface area (Å²) in [4.78, 5) is 14.4. The van der Waals surface area contributed by atoms with Gasteiger partial charge < -0.3 is 16.0 Å². The average molecular weight is 261 g/mol. The van der Waals surface area contributed by atoms with E-state index in [2.05, 4.69) is 17.3 Å². The Hall–Kier alpha value is -1.39. The van der Waals surface area contributed by atoms with Gasteiger partial charge in [-0.05, 0) is 32.0 Å². The number of amides is 1.